The molecule has 0 spiro atoms. The van der Waals surface area contributed by atoms with Crippen LogP contribution in [0.5, 0.6) is 0 Å². The van der Waals surface area contributed by atoms with Gasteiger partial charge in [-0.1, -0.05) is 11.8 Å². The average Bonchev–Trinajstić information content (AvgIpc) is 2.20. The number of nitro groups is 1. The summed E-state index contributed by atoms with van der Waals surface area (Å²) in [5.41, 5.74) is -1.03. The molecule has 0 radical (unpaired) electrons. The molecule has 0 unspecified atom stereocenters. The van der Waals surface area contributed by atoms with E-state index in [-0.39, 0.29) is 17.5 Å². The Morgan fingerprint density at radius 3 is 2.82 bits per heavy atom. The van der Waals surface area contributed by atoms with Crippen molar-refractivity contribution in [1.29, 1.82) is 0 Å². The van der Waals surface area contributed by atoms with E-state index in [9.17, 15) is 19.7 Å². The summed E-state index contributed by atoms with van der Waals surface area (Å²) < 4.78 is 0. The zero-order valence-electron chi connectivity index (χ0n) is 8.81. The Kier molecular flexibility index (Phi) is 3.62. The molecule has 0 aromatic carbocycles. The number of rotatable bonds is 2. The third kappa shape index (κ3) is 2.92. The number of carboxylic acids is 1. The lowest BCUT2D eigenvalue weighted by molar-refractivity contribution is -0.386. The van der Waals surface area contributed by atoms with Gasteiger partial charge in [-0.25, -0.2) is 0 Å². The van der Waals surface area contributed by atoms with Crippen LogP contribution < -0.4 is 5.56 Å². The van der Waals surface area contributed by atoms with Crippen LogP contribution >= 0.6 is 0 Å². The zero-order chi connectivity index (χ0) is 13.0. The van der Waals surface area contributed by atoms with Gasteiger partial charge in [0.1, 0.15) is 6.42 Å². The number of aromatic nitrogens is 1. The Labute approximate surface area is 95.2 Å². The van der Waals surface area contributed by atoms with Crippen LogP contribution in [0.15, 0.2) is 11.0 Å². The molecule has 0 amide bonds. The number of aliphatic carboxylic acids is 1. The summed E-state index contributed by atoms with van der Waals surface area (Å²) in [6.07, 6.45) is 0.853. The zero-order valence-corrected chi connectivity index (χ0v) is 8.81. The monoisotopic (exact) mass is 236 g/mol. The van der Waals surface area contributed by atoms with Crippen LogP contribution in [0.1, 0.15) is 17.5 Å². The van der Waals surface area contributed by atoms with E-state index in [4.69, 9.17) is 5.11 Å². The molecule has 17 heavy (non-hydrogen) atoms. The summed E-state index contributed by atoms with van der Waals surface area (Å²) in [5, 5.41) is 19.0. The minimum atomic E-state index is -1.09. The third-order valence-corrected chi connectivity index (χ3v) is 1.97. The second kappa shape index (κ2) is 4.94. The summed E-state index contributed by atoms with van der Waals surface area (Å²) in [6, 6.07) is 0. The molecular formula is C10H8N2O5. The summed E-state index contributed by atoms with van der Waals surface area (Å²) in [6.45, 7) is 1.39. The smallest absolute Gasteiger partial charge is 0.337 e. The first kappa shape index (κ1) is 12.4. The quantitative estimate of drug-likeness (QED) is 0.438. The molecule has 1 aromatic rings. The summed E-state index contributed by atoms with van der Waals surface area (Å²) >= 11 is 0. The molecule has 0 saturated heterocycles. The maximum Gasteiger partial charge on any atom is 0.337 e. The molecular weight excluding hydrogens is 228 g/mol. The molecule has 0 bridgehead atoms. The molecule has 88 valence electrons. The topological polar surface area (TPSA) is 113 Å². The van der Waals surface area contributed by atoms with Gasteiger partial charge in [-0.3, -0.25) is 19.7 Å². The van der Waals surface area contributed by atoms with Crippen molar-refractivity contribution in [2.24, 2.45) is 0 Å². The van der Waals surface area contributed by atoms with Crippen molar-refractivity contribution >= 4 is 11.7 Å². The van der Waals surface area contributed by atoms with E-state index in [1.54, 1.807) is 0 Å². The number of aromatic amines is 1. The van der Waals surface area contributed by atoms with Gasteiger partial charge in [-0.15, -0.1) is 0 Å². The van der Waals surface area contributed by atoms with Gasteiger partial charge in [0.2, 0.25) is 0 Å². The first-order valence-electron chi connectivity index (χ1n) is 4.51. The normalized spacial score (nSPS) is 9.24. The van der Waals surface area contributed by atoms with Crippen molar-refractivity contribution in [3.05, 3.63) is 37.8 Å². The Morgan fingerprint density at radius 1 is 1.65 bits per heavy atom. The standard InChI is InChI=1S/C10H8N2O5/c1-6-7(3-2-4-8(13)14)5-11-10(15)9(6)12(16)17/h5H,4H2,1H3,(H,11,15)(H,13,14). The Morgan fingerprint density at radius 2 is 2.29 bits per heavy atom. The van der Waals surface area contributed by atoms with Crippen LogP contribution in [0.25, 0.3) is 0 Å². The van der Waals surface area contributed by atoms with Gasteiger partial charge >= 0.3 is 17.2 Å². The largest absolute Gasteiger partial charge is 0.481 e. The highest BCUT2D eigenvalue weighted by atomic mass is 16.6. The average molecular weight is 236 g/mol. The summed E-state index contributed by atoms with van der Waals surface area (Å²) in [5.74, 6) is 3.71. The van der Waals surface area contributed by atoms with Crippen molar-refractivity contribution in [3.8, 4) is 11.8 Å². The predicted molar refractivity (Wildman–Crippen MR) is 57.6 cm³/mol. The SMILES string of the molecule is Cc1c(C#CCC(=O)O)c[nH]c(=O)c1[N+](=O)[O-]. The first-order chi connectivity index (χ1) is 7.93. The molecule has 0 aliphatic heterocycles. The van der Waals surface area contributed by atoms with Crippen molar-refractivity contribution in [1.82, 2.24) is 4.98 Å². The van der Waals surface area contributed by atoms with Gasteiger partial charge in [-0.05, 0) is 6.92 Å². The number of pyridine rings is 1. The minimum absolute atomic E-state index is 0.122. The van der Waals surface area contributed by atoms with Crippen LogP contribution in [0.4, 0.5) is 5.69 Å². The Hall–Kier alpha value is -2.62. The maximum absolute atomic E-state index is 11.2. The molecule has 7 nitrogen and oxygen atoms in total. The molecule has 0 aliphatic carbocycles. The van der Waals surface area contributed by atoms with E-state index in [1.807, 2.05) is 0 Å². The van der Waals surface area contributed by atoms with Crippen molar-refractivity contribution < 1.29 is 14.8 Å². The molecule has 0 atom stereocenters. The van der Waals surface area contributed by atoms with Crippen LogP contribution in [0.3, 0.4) is 0 Å². The number of hydrogen-bond donors (Lipinski definition) is 2. The minimum Gasteiger partial charge on any atom is -0.481 e. The van der Waals surface area contributed by atoms with Crippen LogP contribution in [-0.4, -0.2) is 21.0 Å². The Balaban J connectivity index is 3.23. The molecule has 7 heteroatoms. The number of nitrogens with one attached hydrogen (secondary N) is 1. The van der Waals surface area contributed by atoms with Gasteiger partial charge in [0.05, 0.1) is 10.5 Å². The van der Waals surface area contributed by atoms with Gasteiger partial charge < -0.3 is 10.1 Å². The van der Waals surface area contributed by atoms with Crippen molar-refractivity contribution in [3.63, 3.8) is 0 Å². The number of carboxylic acid groups (broad SMARTS) is 1. The molecule has 0 aliphatic rings. The molecule has 0 saturated carbocycles. The van der Waals surface area contributed by atoms with Crippen LogP contribution in [-0.2, 0) is 4.79 Å². The summed E-state index contributed by atoms with van der Waals surface area (Å²) in [4.78, 5) is 33.4. The fourth-order valence-corrected chi connectivity index (χ4v) is 1.18. The van der Waals surface area contributed by atoms with Gasteiger partial charge in [0.15, 0.2) is 0 Å². The maximum atomic E-state index is 11.2. The highest BCUT2D eigenvalue weighted by molar-refractivity contribution is 5.70. The lowest BCUT2D eigenvalue weighted by Gasteiger charge is -1.98. The van der Waals surface area contributed by atoms with Crippen molar-refractivity contribution in [2.45, 2.75) is 13.3 Å². The number of nitrogens with zero attached hydrogens (tertiary/aromatic N) is 1. The highest BCUT2D eigenvalue weighted by Crippen LogP contribution is 2.14. The predicted octanol–water partition coefficient (Wildman–Crippen LogP) is 0.418. The van der Waals surface area contributed by atoms with Crippen molar-refractivity contribution in [2.75, 3.05) is 0 Å². The van der Waals surface area contributed by atoms with Gasteiger partial charge in [0.25, 0.3) is 0 Å². The fraction of sp³-hybridized carbons (Fsp3) is 0.200. The van der Waals surface area contributed by atoms with Gasteiger partial charge in [-0.2, -0.15) is 0 Å². The highest BCUT2D eigenvalue weighted by Gasteiger charge is 2.18. The fourth-order valence-electron chi connectivity index (χ4n) is 1.18. The third-order valence-electron chi connectivity index (χ3n) is 1.97. The number of carbonyl (C=O) groups is 1. The molecule has 1 heterocycles. The van der Waals surface area contributed by atoms with E-state index in [1.165, 1.54) is 13.1 Å². The lowest BCUT2D eigenvalue weighted by atomic mass is 10.1. The van der Waals surface area contributed by atoms with Crippen LogP contribution in [0, 0.1) is 28.9 Å². The van der Waals surface area contributed by atoms with E-state index in [0.717, 1.165) is 0 Å². The molecule has 1 aromatic heterocycles. The van der Waals surface area contributed by atoms with E-state index in [2.05, 4.69) is 16.8 Å². The second-order valence-electron chi connectivity index (χ2n) is 3.13. The molecule has 0 fully saturated rings. The first-order valence-corrected chi connectivity index (χ1v) is 4.51. The number of hydrogen-bond acceptors (Lipinski definition) is 4. The second-order valence-corrected chi connectivity index (χ2v) is 3.13. The van der Waals surface area contributed by atoms with E-state index < -0.39 is 22.1 Å². The van der Waals surface area contributed by atoms with Gasteiger partial charge in [0, 0.05) is 11.8 Å². The van der Waals surface area contributed by atoms with E-state index >= 15 is 0 Å². The number of H-pyrrole nitrogens is 1. The molecule has 2 N–H and O–H groups in total. The lowest BCUT2D eigenvalue weighted by Crippen LogP contribution is -2.13. The van der Waals surface area contributed by atoms with E-state index in [0.29, 0.717) is 0 Å². The Bertz CT molecular complexity index is 591. The molecule has 1 rings (SSSR count). The summed E-state index contributed by atoms with van der Waals surface area (Å²) in [7, 11) is 0. The van der Waals surface area contributed by atoms with Crippen LogP contribution in [0.2, 0.25) is 0 Å².